The molecule has 0 saturated carbocycles. The fourth-order valence-corrected chi connectivity index (χ4v) is 3.03. The summed E-state index contributed by atoms with van der Waals surface area (Å²) in [7, 11) is 0. The van der Waals surface area contributed by atoms with Gasteiger partial charge in [-0.15, -0.1) is 0 Å². The van der Waals surface area contributed by atoms with Gasteiger partial charge in [-0.3, -0.25) is 14.5 Å². The van der Waals surface area contributed by atoms with Crippen LogP contribution in [0, 0.1) is 5.92 Å². The Kier molecular flexibility index (Phi) is 5.40. The Bertz CT molecular complexity index is 873. The number of nitrogens with zero attached hydrogens (tertiary/aromatic N) is 1. The first kappa shape index (κ1) is 18.8. The summed E-state index contributed by atoms with van der Waals surface area (Å²) in [4.78, 5) is 38.8. The molecule has 0 saturated heterocycles. The normalized spacial score (nSPS) is 14.4. The lowest BCUT2D eigenvalue weighted by atomic mass is 10.1. The van der Waals surface area contributed by atoms with E-state index in [0.29, 0.717) is 18.0 Å². The van der Waals surface area contributed by atoms with Gasteiger partial charge in [0.05, 0.1) is 16.7 Å². The van der Waals surface area contributed by atoms with Gasteiger partial charge in [0.2, 0.25) is 0 Å². The lowest BCUT2D eigenvalue weighted by Gasteiger charge is -2.14. The van der Waals surface area contributed by atoms with Crippen LogP contribution in [0.5, 0.6) is 0 Å². The first-order valence-electron chi connectivity index (χ1n) is 9.14. The van der Waals surface area contributed by atoms with Crippen molar-refractivity contribution >= 4 is 17.8 Å². The van der Waals surface area contributed by atoms with Gasteiger partial charge in [-0.1, -0.05) is 44.2 Å². The minimum Gasteiger partial charge on any atom is -0.454 e. The van der Waals surface area contributed by atoms with Crippen molar-refractivity contribution in [3.8, 4) is 0 Å². The molecule has 2 aromatic carbocycles. The molecule has 3 rings (SSSR count). The molecule has 5 heteroatoms. The molecule has 1 aliphatic rings. The summed E-state index contributed by atoms with van der Waals surface area (Å²) in [6, 6.07) is 14.0. The van der Waals surface area contributed by atoms with Gasteiger partial charge in [-0.25, -0.2) is 4.79 Å². The fourth-order valence-electron chi connectivity index (χ4n) is 3.03. The molecule has 0 aromatic heterocycles. The van der Waals surface area contributed by atoms with Crippen LogP contribution in [0.3, 0.4) is 0 Å². The number of imide groups is 1. The molecule has 0 bridgehead atoms. The van der Waals surface area contributed by atoms with Gasteiger partial charge in [0.25, 0.3) is 11.8 Å². The maximum Gasteiger partial charge on any atom is 0.338 e. The molecule has 140 valence electrons. The lowest BCUT2D eigenvalue weighted by Crippen LogP contribution is -2.31. The highest BCUT2D eigenvalue weighted by molar-refractivity contribution is 6.21. The lowest BCUT2D eigenvalue weighted by molar-refractivity contribution is 0.0337. The maximum absolute atomic E-state index is 12.6. The zero-order valence-corrected chi connectivity index (χ0v) is 15.8. The van der Waals surface area contributed by atoms with Crippen molar-refractivity contribution in [1.82, 2.24) is 4.90 Å². The van der Waals surface area contributed by atoms with Crippen LogP contribution in [0.1, 0.15) is 69.9 Å². The third-order valence-corrected chi connectivity index (χ3v) is 4.69. The van der Waals surface area contributed by atoms with Crippen LogP contribution in [0.25, 0.3) is 0 Å². The number of hydrogen-bond acceptors (Lipinski definition) is 4. The van der Waals surface area contributed by atoms with E-state index in [1.54, 1.807) is 6.92 Å². The highest BCUT2D eigenvalue weighted by atomic mass is 16.5. The molecule has 0 spiro atoms. The summed E-state index contributed by atoms with van der Waals surface area (Å²) in [6.45, 7) is 6.26. The summed E-state index contributed by atoms with van der Waals surface area (Å²) in [5.41, 5.74) is 1.77. The summed E-state index contributed by atoms with van der Waals surface area (Å²) < 4.78 is 5.50. The fraction of sp³-hybridized carbons (Fsp3) is 0.318. The minimum absolute atomic E-state index is 0.267. The van der Waals surface area contributed by atoms with Gasteiger partial charge in [0.15, 0.2) is 0 Å². The third-order valence-electron chi connectivity index (χ3n) is 4.69. The molecule has 0 aliphatic carbocycles. The van der Waals surface area contributed by atoms with Crippen LogP contribution in [-0.2, 0) is 4.74 Å². The maximum atomic E-state index is 12.6. The molecule has 27 heavy (non-hydrogen) atoms. The van der Waals surface area contributed by atoms with Crippen molar-refractivity contribution in [2.45, 2.75) is 33.3 Å². The molecule has 1 unspecified atom stereocenters. The van der Waals surface area contributed by atoms with E-state index in [9.17, 15) is 14.4 Å². The average molecular weight is 365 g/mol. The Hall–Kier alpha value is -2.95. The number of ether oxygens (including phenoxy) is 1. The quantitative estimate of drug-likeness (QED) is 0.567. The van der Waals surface area contributed by atoms with Crippen LogP contribution < -0.4 is 0 Å². The highest BCUT2D eigenvalue weighted by Gasteiger charge is 2.35. The SMILES string of the molecule is CC(C)CCN1C(=O)c2ccc(C(=O)OC(C)c3ccccc3)cc2C1=O. The average Bonchev–Trinajstić information content (AvgIpc) is 2.90. The molecule has 5 nitrogen and oxygen atoms in total. The highest BCUT2D eigenvalue weighted by Crippen LogP contribution is 2.26. The van der Waals surface area contributed by atoms with Gasteiger partial charge in [-0.05, 0) is 43.0 Å². The first-order valence-corrected chi connectivity index (χ1v) is 9.14. The zero-order chi connectivity index (χ0) is 19.6. The first-order chi connectivity index (χ1) is 12.9. The van der Waals surface area contributed by atoms with Crippen molar-refractivity contribution < 1.29 is 19.1 Å². The van der Waals surface area contributed by atoms with E-state index < -0.39 is 12.1 Å². The Balaban J connectivity index is 1.76. The largest absolute Gasteiger partial charge is 0.454 e. The smallest absolute Gasteiger partial charge is 0.338 e. The number of hydrogen-bond donors (Lipinski definition) is 0. The predicted molar refractivity (Wildman–Crippen MR) is 102 cm³/mol. The Morgan fingerprint density at radius 2 is 1.63 bits per heavy atom. The molecule has 1 heterocycles. The third kappa shape index (κ3) is 3.92. The molecule has 1 atom stereocenters. The second-order valence-corrected chi connectivity index (χ2v) is 7.16. The molecule has 0 radical (unpaired) electrons. The van der Waals surface area contributed by atoms with E-state index in [2.05, 4.69) is 0 Å². The number of rotatable bonds is 6. The van der Waals surface area contributed by atoms with E-state index in [1.165, 1.54) is 23.1 Å². The van der Waals surface area contributed by atoms with E-state index in [1.807, 2.05) is 44.2 Å². The summed E-state index contributed by atoms with van der Waals surface area (Å²) >= 11 is 0. The van der Waals surface area contributed by atoms with Crippen molar-refractivity contribution in [2.75, 3.05) is 6.54 Å². The Morgan fingerprint density at radius 1 is 0.963 bits per heavy atom. The monoisotopic (exact) mass is 365 g/mol. The van der Waals surface area contributed by atoms with Crippen LogP contribution in [0.4, 0.5) is 0 Å². The Morgan fingerprint density at radius 3 is 2.30 bits per heavy atom. The van der Waals surface area contributed by atoms with E-state index >= 15 is 0 Å². The molecule has 1 aliphatic heterocycles. The molecular weight excluding hydrogens is 342 g/mol. The van der Waals surface area contributed by atoms with Crippen molar-refractivity contribution in [2.24, 2.45) is 5.92 Å². The van der Waals surface area contributed by atoms with Gasteiger partial charge in [-0.2, -0.15) is 0 Å². The number of fused-ring (bicyclic) bond motifs is 1. The number of amides is 2. The van der Waals surface area contributed by atoms with Crippen LogP contribution in [0.2, 0.25) is 0 Å². The van der Waals surface area contributed by atoms with Crippen molar-refractivity contribution in [3.63, 3.8) is 0 Å². The van der Waals surface area contributed by atoms with E-state index in [4.69, 9.17) is 4.74 Å². The summed E-state index contributed by atoms with van der Waals surface area (Å²) in [5.74, 6) is -0.774. The number of carbonyl (C=O) groups excluding carboxylic acids is 3. The second kappa shape index (κ2) is 7.74. The zero-order valence-electron chi connectivity index (χ0n) is 15.8. The molecule has 2 amide bonds. The van der Waals surface area contributed by atoms with Crippen LogP contribution in [0.15, 0.2) is 48.5 Å². The van der Waals surface area contributed by atoms with E-state index in [0.717, 1.165) is 12.0 Å². The molecule has 0 N–H and O–H groups in total. The molecule has 2 aromatic rings. The van der Waals surface area contributed by atoms with Gasteiger partial charge < -0.3 is 4.74 Å². The van der Waals surface area contributed by atoms with Gasteiger partial charge in [0, 0.05) is 6.54 Å². The Labute approximate surface area is 158 Å². The topological polar surface area (TPSA) is 63.7 Å². The van der Waals surface area contributed by atoms with Gasteiger partial charge in [0.1, 0.15) is 6.10 Å². The van der Waals surface area contributed by atoms with Crippen LogP contribution >= 0.6 is 0 Å². The van der Waals surface area contributed by atoms with Crippen LogP contribution in [-0.4, -0.2) is 29.2 Å². The standard InChI is InChI=1S/C22H23NO4/c1-14(2)11-12-23-20(24)18-10-9-17(13-19(18)21(23)25)22(26)27-15(3)16-7-5-4-6-8-16/h4-10,13-15H,11-12H2,1-3H3. The van der Waals surface area contributed by atoms with Crippen molar-refractivity contribution in [1.29, 1.82) is 0 Å². The van der Waals surface area contributed by atoms with Gasteiger partial charge >= 0.3 is 5.97 Å². The van der Waals surface area contributed by atoms with Crippen molar-refractivity contribution in [3.05, 3.63) is 70.8 Å². The number of esters is 1. The molecular formula is C22H23NO4. The summed E-state index contributed by atoms with van der Waals surface area (Å²) in [6.07, 6.45) is 0.335. The van der Waals surface area contributed by atoms with E-state index in [-0.39, 0.29) is 22.9 Å². The summed E-state index contributed by atoms with van der Waals surface area (Å²) in [5, 5.41) is 0. The second-order valence-electron chi connectivity index (χ2n) is 7.16. The molecule has 0 fully saturated rings. The number of carbonyl (C=O) groups is 3. The number of benzene rings is 2. The minimum atomic E-state index is -0.518. The predicted octanol–water partition coefficient (Wildman–Crippen LogP) is 4.25.